The minimum atomic E-state index is -0.428. The molecule has 17 heavy (non-hydrogen) atoms. The van der Waals surface area contributed by atoms with Crippen LogP contribution in [0.15, 0.2) is 24.3 Å². The zero-order valence-corrected chi connectivity index (χ0v) is 11.0. The highest BCUT2D eigenvalue weighted by atomic mass is 16.5. The van der Waals surface area contributed by atoms with Crippen LogP contribution in [0.4, 0.5) is 0 Å². The Hall–Kier alpha value is -0.900. The van der Waals surface area contributed by atoms with Crippen molar-refractivity contribution in [1.82, 2.24) is 4.90 Å². The molecule has 0 aliphatic rings. The highest BCUT2D eigenvalue weighted by Crippen LogP contribution is 2.17. The van der Waals surface area contributed by atoms with Gasteiger partial charge in [0.15, 0.2) is 0 Å². The summed E-state index contributed by atoms with van der Waals surface area (Å²) in [4.78, 5) is 2.09. The fourth-order valence-electron chi connectivity index (χ4n) is 1.81. The molecule has 0 heterocycles. The SMILES string of the molecule is CCOCCN(C)CC(O)c1ccccc1C. The molecule has 1 aromatic carbocycles. The van der Waals surface area contributed by atoms with Gasteiger partial charge in [-0.05, 0) is 32.0 Å². The van der Waals surface area contributed by atoms with Crippen molar-refractivity contribution >= 4 is 0 Å². The number of hydrogen-bond donors (Lipinski definition) is 1. The number of benzene rings is 1. The summed E-state index contributed by atoms with van der Waals surface area (Å²) in [5.41, 5.74) is 2.15. The molecule has 0 radical (unpaired) electrons. The number of likely N-dealkylation sites (N-methyl/N-ethyl adjacent to an activating group) is 1. The van der Waals surface area contributed by atoms with Gasteiger partial charge in [-0.25, -0.2) is 0 Å². The minimum absolute atomic E-state index is 0.428. The van der Waals surface area contributed by atoms with Gasteiger partial charge in [0.1, 0.15) is 0 Å². The molecule has 0 saturated carbocycles. The predicted octanol–water partition coefficient (Wildman–Crippen LogP) is 2.00. The average Bonchev–Trinajstić information content (AvgIpc) is 2.29. The monoisotopic (exact) mass is 237 g/mol. The molecular weight excluding hydrogens is 214 g/mol. The summed E-state index contributed by atoms with van der Waals surface area (Å²) < 4.78 is 5.29. The topological polar surface area (TPSA) is 32.7 Å². The molecule has 0 fully saturated rings. The van der Waals surface area contributed by atoms with Crippen LogP contribution in [0.5, 0.6) is 0 Å². The molecule has 0 bridgehead atoms. The third-order valence-electron chi connectivity index (χ3n) is 2.85. The van der Waals surface area contributed by atoms with Crippen LogP contribution in [-0.4, -0.2) is 43.4 Å². The van der Waals surface area contributed by atoms with E-state index in [4.69, 9.17) is 4.74 Å². The van der Waals surface area contributed by atoms with E-state index < -0.39 is 6.10 Å². The molecule has 0 amide bonds. The number of aliphatic hydroxyl groups is 1. The van der Waals surface area contributed by atoms with Gasteiger partial charge >= 0.3 is 0 Å². The van der Waals surface area contributed by atoms with Crippen LogP contribution in [-0.2, 0) is 4.74 Å². The number of aryl methyl sites for hydroxylation is 1. The Labute approximate surface area is 104 Å². The Bertz CT molecular complexity index is 328. The molecule has 96 valence electrons. The van der Waals surface area contributed by atoms with Crippen molar-refractivity contribution < 1.29 is 9.84 Å². The van der Waals surface area contributed by atoms with Crippen molar-refractivity contribution in [2.75, 3.05) is 33.4 Å². The molecule has 1 atom stereocenters. The summed E-state index contributed by atoms with van der Waals surface area (Å²) in [7, 11) is 2.00. The minimum Gasteiger partial charge on any atom is -0.387 e. The van der Waals surface area contributed by atoms with Gasteiger partial charge in [0.05, 0.1) is 12.7 Å². The summed E-state index contributed by atoms with van der Waals surface area (Å²) in [6, 6.07) is 7.96. The van der Waals surface area contributed by atoms with Crippen molar-refractivity contribution in [1.29, 1.82) is 0 Å². The number of hydrogen-bond acceptors (Lipinski definition) is 3. The van der Waals surface area contributed by atoms with Crippen LogP contribution in [0.3, 0.4) is 0 Å². The summed E-state index contributed by atoms with van der Waals surface area (Å²) in [6.07, 6.45) is -0.428. The van der Waals surface area contributed by atoms with E-state index in [-0.39, 0.29) is 0 Å². The number of aliphatic hydroxyl groups excluding tert-OH is 1. The molecule has 1 unspecified atom stereocenters. The van der Waals surface area contributed by atoms with Crippen molar-refractivity contribution in [3.8, 4) is 0 Å². The van der Waals surface area contributed by atoms with Gasteiger partial charge in [0.25, 0.3) is 0 Å². The van der Waals surface area contributed by atoms with Gasteiger partial charge in [0.2, 0.25) is 0 Å². The fourth-order valence-corrected chi connectivity index (χ4v) is 1.81. The lowest BCUT2D eigenvalue weighted by molar-refractivity contribution is 0.0888. The summed E-state index contributed by atoms with van der Waals surface area (Å²) in [6.45, 7) is 6.96. The van der Waals surface area contributed by atoms with Crippen LogP contribution in [0.1, 0.15) is 24.2 Å². The van der Waals surface area contributed by atoms with E-state index in [0.717, 1.165) is 24.3 Å². The van der Waals surface area contributed by atoms with E-state index >= 15 is 0 Å². The van der Waals surface area contributed by atoms with Crippen molar-refractivity contribution in [3.63, 3.8) is 0 Å². The van der Waals surface area contributed by atoms with Gasteiger partial charge in [-0.15, -0.1) is 0 Å². The molecule has 0 saturated heterocycles. The zero-order valence-electron chi connectivity index (χ0n) is 11.0. The Balaban J connectivity index is 2.43. The highest BCUT2D eigenvalue weighted by molar-refractivity contribution is 5.27. The second-order valence-electron chi connectivity index (χ2n) is 4.33. The van der Waals surface area contributed by atoms with Crippen LogP contribution in [0.25, 0.3) is 0 Å². The first kappa shape index (κ1) is 14.2. The third-order valence-corrected chi connectivity index (χ3v) is 2.85. The predicted molar refractivity (Wildman–Crippen MR) is 70.1 cm³/mol. The van der Waals surface area contributed by atoms with E-state index in [0.29, 0.717) is 13.2 Å². The highest BCUT2D eigenvalue weighted by Gasteiger charge is 2.12. The molecule has 3 heteroatoms. The first-order valence-corrected chi connectivity index (χ1v) is 6.15. The number of nitrogens with zero attached hydrogens (tertiary/aromatic N) is 1. The largest absolute Gasteiger partial charge is 0.387 e. The third kappa shape index (κ3) is 4.86. The summed E-state index contributed by atoms with van der Waals surface area (Å²) in [5.74, 6) is 0. The molecule has 0 aliphatic carbocycles. The van der Waals surface area contributed by atoms with Gasteiger partial charge < -0.3 is 14.7 Å². The first-order chi connectivity index (χ1) is 8.15. The smallest absolute Gasteiger partial charge is 0.0919 e. The Morgan fingerprint density at radius 3 is 2.71 bits per heavy atom. The summed E-state index contributed by atoms with van der Waals surface area (Å²) >= 11 is 0. The lowest BCUT2D eigenvalue weighted by Gasteiger charge is -2.21. The van der Waals surface area contributed by atoms with Crippen molar-refractivity contribution in [2.45, 2.75) is 20.0 Å². The fraction of sp³-hybridized carbons (Fsp3) is 0.571. The molecular formula is C14H23NO2. The number of rotatable bonds is 7. The zero-order chi connectivity index (χ0) is 12.7. The van der Waals surface area contributed by atoms with E-state index in [2.05, 4.69) is 4.90 Å². The quantitative estimate of drug-likeness (QED) is 0.736. The van der Waals surface area contributed by atoms with Crippen molar-refractivity contribution in [2.24, 2.45) is 0 Å². The normalized spacial score (nSPS) is 13.0. The average molecular weight is 237 g/mol. The van der Waals surface area contributed by atoms with E-state index in [9.17, 15) is 5.11 Å². The van der Waals surface area contributed by atoms with Crippen LogP contribution in [0.2, 0.25) is 0 Å². The molecule has 1 rings (SSSR count). The Morgan fingerprint density at radius 1 is 1.35 bits per heavy atom. The van der Waals surface area contributed by atoms with Gasteiger partial charge in [-0.1, -0.05) is 24.3 Å². The second kappa shape index (κ2) is 7.43. The van der Waals surface area contributed by atoms with E-state index in [1.165, 1.54) is 0 Å². The maximum absolute atomic E-state index is 10.1. The lowest BCUT2D eigenvalue weighted by Crippen LogP contribution is -2.28. The second-order valence-corrected chi connectivity index (χ2v) is 4.33. The molecule has 0 aromatic heterocycles. The maximum Gasteiger partial charge on any atom is 0.0919 e. The van der Waals surface area contributed by atoms with Gasteiger partial charge in [-0.2, -0.15) is 0 Å². The first-order valence-electron chi connectivity index (χ1n) is 6.15. The van der Waals surface area contributed by atoms with Crippen molar-refractivity contribution in [3.05, 3.63) is 35.4 Å². The molecule has 1 N–H and O–H groups in total. The Kier molecular flexibility index (Phi) is 6.19. The number of ether oxygens (including phenoxy) is 1. The molecule has 1 aromatic rings. The van der Waals surface area contributed by atoms with E-state index in [1.54, 1.807) is 0 Å². The maximum atomic E-state index is 10.1. The van der Waals surface area contributed by atoms with Crippen LogP contribution >= 0.6 is 0 Å². The standard InChI is InChI=1S/C14H23NO2/c1-4-17-10-9-15(3)11-14(16)13-8-6-5-7-12(13)2/h5-8,14,16H,4,9-11H2,1-3H3. The summed E-state index contributed by atoms with van der Waals surface area (Å²) in [5, 5.41) is 10.1. The van der Waals surface area contributed by atoms with Gasteiger partial charge in [0, 0.05) is 19.7 Å². The van der Waals surface area contributed by atoms with E-state index in [1.807, 2.05) is 45.2 Å². The molecule has 3 nitrogen and oxygen atoms in total. The van der Waals surface area contributed by atoms with Gasteiger partial charge in [-0.3, -0.25) is 0 Å². The molecule has 0 spiro atoms. The Morgan fingerprint density at radius 2 is 2.06 bits per heavy atom. The van der Waals surface area contributed by atoms with Crippen LogP contribution in [0, 0.1) is 6.92 Å². The van der Waals surface area contributed by atoms with Crippen LogP contribution < -0.4 is 0 Å². The lowest BCUT2D eigenvalue weighted by atomic mass is 10.0. The molecule has 0 aliphatic heterocycles.